The molecule has 4 aliphatic carbocycles. The van der Waals surface area contributed by atoms with Gasteiger partial charge < -0.3 is 19.7 Å². The summed E-state index contributed by atoms with van der Waals surface area (Å²) in [5.41, 5.74) is -0.102. The molecule has 0 aromatic carbocycles. The van der Waals surface area contributed by atoms with Crippen molar-refractivity contribution >= 4 is 11.8 Å². The number of esters is 1. The van der Waals surface area contributed by atoms with E-state index < -0.39 is 5.60 Å². The van der Waals surface area contributed by atoms with Crippen molar-refractivity contribution in [3.8, 4) is 0 Å². The van der Waals surface area contributed by atoms with E-state index >= 15 is 0 Å². The number of cyclic esters (lactones) is 1. The monoisotopic (exact) mass is 518 g/mol. The van der Waals surface area contributed by atoms with Crippen LogP contribution in [0, 0.1) is 46.3 Å². The fourth-order valence-corrected chi connectivity index (χ4v) is 10.0. The zero-order chi connectivity index (χ0) is 26.6. The molecule has 6 nitrogen and oxygen atoms in total. The Hall–Kier alpha value is -0.980. The molecular weight excluding hydrogens is 468 g/mol. The number of fused-ring (bicyclic) bond motifs is 5. The third kappa shape index (κ3) is 5.04. The van der Waals surface area contributed by atoms with Crippen molar-refractivity contribution in [1.82, 2.24) is 0 Å². The van der Waals surface area contributed by atoms with Gasteiger partial charge in [0, 0.05) is 12.8 Å². The third-order valence-corrected chi connectivity index (χ3v) is 12.3. The Bertz CT molecular complexity index is 874. The Morgan fingerprint density at radius 3 is 2.51 bits per heavy atom. The largest absolute Gasteiger partial charge is 0.465 e. The number of aliphatic hydroxyl groups is 2. The van der Waals surface area contributed by atoms with E-state index in [1.807, 2.05) is 6.92 Å². The molecular formula is C31H50O6. The van der Waals surface area contributed by atoms with Crippen LogP contribution in [-0.2, 0) is 19.1 Å². The van der Waals surface area contributed by atoms with Gasteiger partial charge in [-0.05, 0) is 111 Å². The first-order valence-corrected chi connectivity index (χ1v) is 15.1. The maximum absolute atomic E-state index is 12.7. The standard InChI is InChI=1S/C31H50O6/c1-19(5-6-22(33)18-37-29(2)13-14-36-27(35)17-29)23-7-8-24-28-25(10-12-31(23,24)4)30(3)11-9-21(32)15-20(30)16-26(28)34/h19-21,23-26,28,32,34H,5-18H2,1-4H3. The number of ketones is 1. The molecule has 0 amide bonds. The summed E-state index contributed by atoms with van der Waals surface area (Å²) in [4.78, 5) is 24.3. The molecule has 1 aliphatic heterocycles. The lowest BCUT2D eigenvalue weighted by atomic mass is 9.43. The van der Waals surface area contributed by atoms with E-state index in [4.69, 9.17) is 9.47 Å². The van der Waals surface area contributed by atoms with Crippen molar-refractivity contribution in [3.05, 3.63) is 0 Å². The highest BCUT2D eigenvalue weighted by Gasteiger charge is 2.62. The van der Waals surface area contributed by atoms with Gasteiger partial charge in [0.2, 0.25) is 0 Å². The molecule has 210 valence electrons. The molecule has 2 N–H and O–H groups in total. The summed E-state index contributed by atoms with van der Waals surface area (Å²) in [6.07, 6.45) is 10.3. The first-order valence-electron chi connectivity index (χ1n) is 15.1. The van der Waals surface area contributed by atoms with E-state index in [0.29, 0.717) is 55.0 Å². The second-order valence-electron chi connectivity index (χ2n) is 14.4. The topological polar surface area (TPSA) is 93.1 Å². The lowest BCUT2D eigenvalue weighted by Gasteiger charge is -2.62. The molecule has 5 aliphatic rings. The third-order valence-electron chi connectivity index (χ3n) is 12.3. The zero-order valence-electron chi connectivity index (χ0n) is 23.5. The summed E-state index contributed by atoms with van der Waals surface area (Å²) >= 11 is 0. The normalized spacial score (nSPS) is 48.4. The summed E-state index contributed by atoms with van der Waals surface area (Å²) in [6, 6.07) is 0. The quantitative estimate of drug-likeness (QED) is 0.457. The van der Waals surface area contributed by atoms with E-state index in [-0.39, 0.29) is 47.8 Å². The molecule has 0 aromatic rings. The van der Waals surface area contributed by atoms with Crippen LogP contribution in [0.2, 0.25) is 0 Å². The van der Waals surface area contributed by atoms with Gasteiger partial charge in [-0.3, -0.25) is 9.59 Å². The first kappa shape index (κ1) is 27.6. The van der Waals surface area contributed by atoms with Crippen LogP contribution in [0.1, 0.15) is 105 Å². The maximum atomic E-state index is 12.7. The Morgan fingerprint density at radius 2 is 1.76 bits per heavy atom. The van der Waals surface area contributed by atoms with Gasteiger partial charge in [-0.15, -0.1) is 0 Å². The van der Waals surface area contributed by atoms with Crippen molar-refractivity contribution in [2.24, 2.45) is 46.3 Å². The van der Waals surface area contributed by atoms with E-state index in [0.717, 1.165) is 32.1 Å². The van der Waals surface area contributed by atoms with Crippen LogP contribution in [-0.4, -0.2) is 53.0 Å². The Balaban J connectivity index is 1.18. The molecule has 6 heteroatoms. The van der Waals surface area contributed by atoms with E-state index in [1.165, 1.54) is 25.7 Å². The molecule has 1 heterocycles. The Labute approximate surface area is 223 Å². The minimum atomic E-state index is -0.589. The van der Waals surface area contributed by atoms with E-state index in [1.54, 1.807) is 0 Å². The second kappa shape index (κ2) is 10.2. The predicted octanol–water partition coefficient (Wildman–Crippen LogP) is 5.07. The van der Waals surface area contributed by atoms with Crippen LogP contribution in [0.5, 0.6) is 0 Å². The van der Waals surface area contributed by atoms with Crippen LogP contribution in [0.15, 0.2) is 0 Å². The van der Waals surface area contributed by atoms with Gasteiger partial charge >= 0.3 is 5.97 Å². The van der Waals surface area contributed by atoms with Gasteiger partial charge in [0.1, 0.15) is 6.61 Å². The highest BCUT2D eigenvalue weighted by Crippen LogP contribution is 2.68. The van der Waals surface area contributed by atoms with Crippen molar-refractivity contribution in [2.75, 3.05) is 13.2 Å². The maximum Gasteiger partial charge on any atom is 0.308 e. The SMILES string of the molecule is CC(CCC(=O)COC1(C)CCOC(=O)C1)C1CCC2C3C(O)CC4CC(O)CCC4(C)C3CCC12C. The second-order valence-corrected chi connectivity index (χ2v) is 14.4. The van der Waals surface area contributed by atoms with E-state index in [9.17, 15) is 19.8 Å². The molecule has 5 fully saturated rings. The minimum Gasteiger partial charge on any atom is -0.465 e. The number of hydrogen-bond donors (Lipinski definition) is 2. The van der Waals surface area contributed by atoms with Gasteiger partial charge in [0.05, 0.1) is 30.8 Å². The van der Waals surface area contributed by atoms with Gasteiger partial charge in [-0.1, -0.05) is 20.8 Å². The predicted molar refractivity (Wildman–Crippen MR) is 141 cm³/mol. The molecule has 5 rings (SSSR count). The van der Waals surface area contributed by atoms with Crippen molar-refractivity contribution < 1.29 is 29.3 Å². The summed E-state index contributed by atoms with van der Waals surface area (Å²) < 4.78 is 10.9. The smallest absolute Gasteiger partial charge is 0.308 e. The van der Waals surface area contributed by atoms with Crippen LogP contribution in [0.4, 0.5) is 0 Å². The van der Waals surface area contributed by atoms with Gasteiger partial charge in [0.25, 0.3) is 0 Å². The lowest BCUT2D eigenvalue weighted by molar-refractivity contribution is -0.174. The van der Waals surface area contributed by atoms with Crippen molar-refractivity contribution in [2.45, 2.75) is 123 Å². The first-order chi connectivity index (χ1) is 17.4. The molecule has 37 heavy (non-hydrogen) atoms. The van der Waals surface area contributed by atoms with Crippen molar-refractivity contribution in [3.63, 3.8) is 0 Å². The van der Waals surface area contributed by atoms with Crippen LogP contribution in [0.25, 0.3) is 0 Å². The fraction of sp³-hybridized carbons (Fsp3) is 0.935. The number of carbonyl (C=O) groups excluding carboxylic acids is 2. The van der Waals surface area contributed by atoms with Crippen molar-refractivity contribution in [1.29, 1.82) is 0 Å². The number of ether oxygens (including phenoxy) is 2. The Morgan fingerprint density at radius 1 is 1.03 bits per heavy atom. The van der Waals surface area contributed by atoms with E-state index in [2.05, 4.69) is 20.8 Å². The summed E-state index contributed by atoms with van der Waals surface area (Å²) in [5, 5.41) is 21.8. The van der Waals surface area contributed by atoms with Gasteiger partial charge in [0.15, 0.2) is 5.78 Å². The number of aliphatic hydroxyl groups excluding tert-OH is 2. The minimum absolute atomic E-state index is 0.0749. The average Bonchev–Trinajstić information content (AvgIpc) is 3.19. The van der Waals surface area contributed by atoms with Crippen LogP contribution < -0.4 is 0 Å². The van der Waals surface area contributed by atoms with Crippen LogP contribution >= 0.6 is 0 Å². The fourth-order valence-electron chi connectivity index (χ4n) is 10.0. The summed E-state index contributed by atoms with van der Waals surface area (Å²) in [5.74, 6) is 2.88. The molecule has 0 aromatic heterocycles. The number of Topliss-reactive ketones (excluding diaryl/α,β-unsaturated/α-hetero) is 1. The van der Waals surface area contributed by atoms with Gasteiger partial charge in [-0.2, -0.15) is 0 Å². The highest BCUT2D eigenvalue weighted by molar-refractivity contribution is 5.79. The number of hydrogen-bond acceptors (Lipinski definition) is 6. The lowest BCUT2D eigenvalue weighted by Crippen LogP contribution is -2.58. The molecule has 11 atom stereocenters. The molecule has 0 radical (unpaired) electrons. The molecule has 0 bridgehead atoms. The Kier molecular flexibility index (Phi) is 7.61. The summed E-state index contributed by atoms with van der Waals surface area (Å²) in [7, 11) is 0. The highest BCUT2D eigenvalue weighted by atomic mass is 16.6. The summed E-state index contributed by atoms with van der Waals surface area (Å²) in [6.45, 7) is 9.62. The number of carbonyl (C=O) groups is 2. The molecule has 0 spiro atoms. The van der Waals surface area contributed by atoms with Gasteiger partial charge in [-0.25, -0.2) is 0 Å². The number of rotatable bonds is 7. The molecule has 11 unspecified atom stereocenters. The zero-order valence-corrected chi connectivity index (χ0v) is 23.5. The molecule has 4 saturated carbocycles. The average molecular weight is 519 g/mol. The molecule has 1 saturated heterocycles. The van der Waals surface area contributed by atoms with Crippen LogP contribution in [0.3, 0.4) is 0 Å².